The van der Waals surface area contributed by atoms with Crippen molar-refractivity contribution < 1.29 is 14.7 Å². The first-order valence-electron chi connectivity index (χ1n) is 6.72. The van der Waals surface area contributed by atoms with Crippen LogP contribution in [-0.4, -0.2) is 60.2 Å². The molecule has 118 valence electrons. The largest absolute Gasteiger partial charge is 0.477 e. The number of nitrogens with one attached hydrogen (secondary N) is 1. The number of aliphatic carboxylic acids is 1. The number of amides is 1. The van der Waals surface area contributed by atoms with E-state index < -0.39 is 12.0 Å². The minimum absolute atomic E-state index is 0.0736. The fourth-order valence-electron chi connectivity index (χ4n) is 2.43. The monoisotopic (exact) mass is 341 g/mol. The number of aromatic nitrogens is 3. The van der Waals surface area contributed by atoms with Crippen molar-refractivity contribution >= 4 is 35.4 Å². The van der Waals surface area contributed by atoms with Gasteiger partial charge in [-0.2, -0.15) is 0 Å². The molecule has 2 aliphatic rings. The van der Waals surface area contributed by atoms with Gasteiger partial charge in [0.15, 0.2) is 0 Å². The van der Waals surface area contributed by atoms with Crippen molar-refractivity contribution in [3.05, 3.63) is 17.0 Å². The summed E-state index contributed by atoms with van der Waals surface area (Å²) in [6, 6.07) is -0.601. The first-order valence-corrected chi connectivity index (χ1v) is 8.76. The fourth-order valence-corrected chi connectivity index (χ4v) is 4.87. The summed E-state index contributed by atoms with van der Waals surface area (Å²) >= 11 is 2.93. The Kier molecular flexibility index (Phi) is 4.15. The van der Waals surface area contributed by atoms with Crippen LogP contribution in [0, 0.1) is 0 Å². The summed E-state index contributed by atoms with van der Waals surface area (Å²) in [6.45, 7) is 1.99. The molecule has 8 nitrogen and oxygen atoms in total. The molecule has 2 atom stereocenters. The van der Waals surface area contributed by atoms with Crippen LogP contribution >= 0.6 is 23.5 Å². The quantitative estimate of drug-likeness (QED) is 0.506. The van der Waals surface area contributed by atoms with E-state index >= 15 is 0 Å². The average Bonchev–Trinajstić information content (AvgIpc) is 2.98. The second-order valence-electron chi connectivity index (χ2n) is 4.93. The summed E-state index contributed by atoms with van der Waals surface area (Å²) < 4.78 is 0. The number of hydrogen-bond acceptors (Lipinski definition) is 7. The van der Waals surface area contributed by atoms with Crippen LogP contribution in [0.4, 0.5) is 0 Å². The molecule has 0 bridgehead atoms. The Hall–Kier alpha value is -1.52. The van der Waals surface area contributed by atoms with Crippen molar-refractivity contribution in [2.45, 2.75) is 29.8 Å². The van der Waals surface area contributed by atoms with E-state index in [1.807, 2.05) is 6.92 Å². The molecule has 1 saturated heterocycles. The van der Waals surface area contributed by atoms with E-state index in [0.717, 1.165) is 17.1 Å². The number of hydrogen-bond donors (Lipinski definition) is 3. The maximum atomic E-state index is 11.8. The number of H-pyrrole nitrogens is 1. The van der Waals surface area contributed by atoms with E-state index in [2.05, 4.69) is 15.4 Å². The van der Waals surface area contributed by atoms with Crippen LogP contribution in [0.5, 0.6) is 0 Å². The van der Waals surface area contributed by atoms with E-state index in [9.17, 15) is 14.7 Å². The molecule has 0 aromatic carbocycles. The summed E-state index contributed by atoms with van der Waals surface area (Å²) in [5, 5.41) is 20.5. The number of carbonyl (C=O) groups is 2. The highest BCUT2D eigenvalue weighted by Crippen LogP contribution is 2.40. The maximum absolute atomic E-state index is 11.8. The standard InChI is InChI=1S/C12H15N5O3S2/c1-2-6-9(15-16-14-6)21-3-5-4-22-11-7(13)10(18)17(11)8(5)12(19)20/h7,11H,2-4,13H2,1H3,(H,19,20)(H,14,15,16)/t7?,11-/m1/s1. The van der Waals surface area contributed by atoms with Gasteiger partial charge >= 0.3 is 5.97 Å². The molecular formula is C12H15N5O3S2. The van der Waals surface area contributed by atoms with Crippen LogP contribution in [0.1, 0.15) is 12.6 Å². The third kappa shape index (κ3) is 2.40. The van der Waals surface area contributed by atoms with Crippen LogP contribution in [-0.2, 0) is 16.0 Å². The number of fused-ring (bicyclic) bond motifs is 1. The van der Waals surface area contributed by atoms with Gasteiger partial charge in [0.05, 0.1) is 5.69 Å². The van der Waals surface area contributed by atoms with Gasteiger partial charge < -0.3 is 10.8 Å². The fraction of sp³-hybridized carbons (Fsp3) is 0.500. The second kappa shape index (κ2) is 5.94. The van der Waals surface area contributed by atoms with Crippen molar-refractivity contribution in [3.63, 3.8) is 0 Å². The molecule has 0 aliphatic carbocycles. The minimum Gasteiger partial charge on any atom is -0.477 e. The number of β-lactam (4-membered cyclic amide) rings is 1. The van der Waals surface area contributed by atoms with Crippen LogP contribution in [0.25, 0.3) is 0 Å². The highest BCUT2D eigenvalue weighted by Gasteiger charge is 2.51. The molecular weight excluding hydrogens is 326 g/mol. The number of nitrogens with two attached hydrogens (primary N) is 1. The van der Waals surface area contributed by atoms with Crippen molar-refractivity contribution in [1.82, 2.24) is 20.3 Å². The third-order valence-corrected chi connectivity index (χ3v) is 6.07. The zero-order valence-electron chi connectivity index (χ0n) is 11.8. The lowest BCUT2D eigenvalue weighted by Crippen LogP contribution is -2.68. The van der Waals surface area contributed by atoms with Crippen molar-refractivity contribution in [1.29, 1.82) is 0 Å². The third-order valence-electron chi connectivity index (χ3n) is 3.61. The Morgan fingerprint density at radius 3 is 3.09 bits per heavy atom. The second-order valence-corrected chi connectivity index (χ2v) is 7.00. The molecule has 22 heavy (non-hydrogen) atoms. The Bertz CT molecular complexity index is 659. The predicted molar refractivity (Wildman–Crippen MR) is 82.2 cm³/mol. The lowest BCUT2D eigenvalue weighted by Gasteiger charge is -2.48. The molecule has 3 rings (SSSR count). The Labute approximate surface area is 134 Å². The van der Waals surface area contributed by atoms with Gasteiger partial charge in [0.25, 0.3) is 0 Å². The van der Waals surface area contributed by atoms with Gasteiger partial charge in [-0.1, -0.05) is 23.9 Å². The van der Waals surface area contributed by atoms with E-state index in [-0.39, 0.29) is 17.0 Å². The number of thioether (sulfide) groups is 2. The molecule has 0 saturated carbocycles. The van der Waals surface area contributed by atoms with Gasteiger partial charge in [0.2, 0.25) is 5.91 Å². The number of aryl methyl sites for hydroxylation is 1. The number of aromatic amines is 1. The SMILES string of the molecule is CCc1[nH]nnc1SCC1=C(C(=O)O)N2C(=O)C(N)[C@H]2SC1. The molecule has 4 N–H and O–H groups in total. The topological polar surface area (TPSA) is 125 Å². The van der Waals surface area contributed by atoms with Crippen molar-refractivity contribution in [2.24, 2.45) is 5.73 Å². The van der Waals surface area contributed by atoms with E-state index in [1.54, 1.807) is 0 Å². The summed E-state index contributed by atoms with van der Waals surface area (Å²) in [6.07, 6.45) is 0.774. The Morgan fingerprint density at radius 1 is 1.64 bits per heavy atom. The lowest BCUT2D eigenvalue weighted by atomic mass is 10.0. The Balaban J connectivity index is 1.81. The van der Waals surface area contributed by atoms with E-state index in [1.165, 1.54) is 28.4 Å². The molecule has 1 amide bonds. The first-order chi connectivity index (χ1) is 10.5. The maximum Gasteiger partial charge on any atom is 0.352 e. The highest BCUT2D eigenvalue weighted by atomic mass is 32.2. The number of carbonyl (C=O) groups excluding carboxylic acids is 1. The smallest absolute Gasteiger partial charge is 0.352 e. The van der Waals surface area contributed by atoms with Crippen LogP contribution in [0.3, 0.4) is 0 Å². The van der Waals surface area contributed by atoms with Gasteiger partial charge in [-0.3, -0.25) is 14.8 Å². The van der Waals surface area contributed by atoms with Crippen LogP contribution in [0.15, 0.2) is 16.3 Å². The highest BCUT2D eigenvalue weighted by molar-refractivity contribution is 8.01. The summed E-state index contributed by atoms with van der Waals surface area (Å²) in [7, 11) is 0. The van der Waals surface area contributed by atoms with Gasteiger partial charge in [0, 0.05) is 11.5 Å². The van der Waals surface area contributed by atoms with Gasteiger partial charge in [-0.15, -0.1) is 16.9 Å². The van der Waals surface area contributed by atoms with Crippen molar-refractivity contribution in [2.75, 3.05) is 11.5 Å². The van der Waals surface area contributed by atoms with Crippen molar-refractivity contribution in [3.8, 4) is 0 Å². The Morgan fingerprint density at radius 2 is 2.41 bits per heavy atom. The van der Waals surface area contributed by atoms with E-state index in [4.69, 9.17) is 5.73 Å². The van der Waals surface area contributed by atoms with Crippen LogP contribution in [0.2, 0.25) is 0 Å². The van der Waals surface area contributed by atoms with Gasteiger partial charge in [-0.05, 0) is 12.0 Å². The molecule has 0 radical (unpaired) electrons. The lowest BCUT2D eigenvalue weighted by molar-refractivity contribution is -0.147. The normalized spacial score (nSPS) is 24.3. The summed E-state index contributed by atoms with van der Waals surface area (Å²) in [5.74, 6) is -0.402. The molecule has 1 aromatic heterocycles. The van der Waals surface area contributed by atoms with E-state index in [0.29, 0.717) is 17.1 Å². The number of nitrogens with zero attached hydrogens (tertiary/aromatic N) is 3. The van der Waals surface area contributed by atoms with Crippen LogP contribution < -0.4 is 5.73 Å². The zero-order chi connectivity index (χ0) is 15.9. The summed E-state index contributed by atoms with van der Waals surface area (Å²) in [4.78, 5) is 24.7. The average molecular weight is 341 g/mol. The molecule has 0 spiro atoms. The zero-order valence-corrected chi connectivity index (χ0v) is 13.4. The number of carboxylic acid groups (broad SMARTS) is 1. The van der Waals surface area contributed by atoms with Gasteiger partial charge in [-0.25, -0.2) is 4.79 Å². The first kappa shape index (κ1) is 15.4. The summed E-state index contributed by atoms with van der Waals surface area (Å²) in [5.41, 5.74) is 7.43. The number of carboxylic acids is 1. The molecule has 1 unspecified atom stereocenters. The molecule has 1 aromatic rings. The molecule has 2 aliphatic heterocycles. The number of rotatable bonds is 5. The molecule has 10 heteroatoms. The molecule has 3 heterocycles. The predicted octanol–water partition coefficient (Wildman–Crippen LogP) is 0.0403. The molecule has 1 fully saturated rings. The van der Waals surface area contributed by atoms with Gasteiger partial charge in [0.1, 0.15) is 22.1 Å². The minimum atomic E-state index is -1.09.